The van der Waals surface area contributed by atoms with Gasteiger partial charge in [0, 0.05) is 6.20 Å². The molecule has 1 fully saturated rings. The van der Waals surface area contributed by atoms with Crippen LogP contribution in [-0.4, -0.2) is 44.8 Å². The largest absolute Gasteiger partial charge is 0.394 e. The summed E-state index contributed by atoms with van der Waals surface area (Å²) in [6, 6.07) is 0. The molecule has 9 heteroatoms. The van der Waals surface area contributed by atoms with Crippen LogP contribution < -0.4 is 11.4 Å². The standard InChI is InChI=1S/C9H11ClFN3O4/c10-3-1-14(9(17)13-7(3)12)8-5(11)6(16)4(2-15)18-8/h1,4-6,8,15-16H,2H2,(H2,12,13,17)/t4-,5?,6-,8-/m1/s1. The van der Waals surface area contributed by atoms with Crippen molar-refractivity contribution in [3.8, 4) is 0 Å². The molecule has 100 valence electrons. The Balaban J connectivity index is 2.39. The van der Waals surface area contributed by atoms with Crippen molar-refractivity contribution >= 4 is 17.4 Å². The molecule has 0 saturated carbocycles. The van der Waals surface area contributed by atoms with Gasteiger partial charge in [0.1, 0.15) is 18.0 Å². The first-order chi connectivity index (χ1) is 8.45. The highest BCUT2D eigenvalue weighted by atomic mass is 35.5. The first-order valence-electron chi connectivity index (χ1n) is 5.08. The minimum atomic E-state index is -1.87. The summed E-state index contributed by atoms with van der Waals surface area (Å²) in [4.78, 5) is 14.9. The fourth-order valence-corrected chi connectivity index (χ4v) is 1.87. The molecule has 1 aromatic heterocycles. The van der Waals surface area contributed by atoms with Crippen molar-refractivity contribution < 1.29 is 19.3 Å². The normalized spacial score (nSPS) is 31.8. The number of alkyl halides is 1. The molecule has 0 aromatic carbocycles. The van der Waals surface area contributed by atoms with Gasteiger partial charge in [-0.25, -0.2) is 9.18 Å². The second-order valence-electron chi connectivity index (χ2n) is 3.85. The number of rotatable bonds is 2. The molecule has 1 aliphatic rings. The van der Waals surface area contributed by atoms with Crippen molar-refractivity contribution in [1.29, 1.82) is 0 Å². The number of ether oxygens (including phenoxy) is 1. The topological polar surface area (TPSA) is 111 Å². The van der Waals surface area contributed by atoms with E-state index in [0.717, 1.165) is 10.8 Å². The van der Waals surface area contributed by atoms with Crippen molar-refractivity contribution in [1.82, 2.24) is 9.55 Å². The van der Waals surface area contributed by atoms with E-state index >= 15 is 0 Å². The molecule has 0 amide bonds. The average Bonchev–Trinajstić information content (AvgIpc) is 2.61. The third kappa shape index (κ3) is 2.07. The first kappa shape index (κ1) is 13.2. The Labute approximate surface area is 106 Å². The molecular weight excluding hydrogens is 269 g/mol. The lowest BCUT2D eigenvalue weighted by Crippen LogP contribution is -2.33. The summed E-state index contributed by atoms with van der Waals surface area (Å²) in [7, 11) is 0. The fourth-order valence-electron chi connectivity index (χ4n) is 1.72. The van der Waals surface area contributed by atoms with E-state index in [9.17, 15) is 14.3 Å². The summed E-state index contributed by atoms with van der Waals surface area (Å²) in [6.07, 6.45) is -4.82. The van der Waals surface area contributed by atoms with Crippen molar-refractivity contribution in [2.24, 2.45) is 0 Å². The van der Waals surface area contributed by atoms with Crippen LogP contribution in [0.2, 0.25) is 5.02 Å². The Morgan fingerprint density at radius 3 is 2.89 bits per heavy atom. The van der Waals surface area contributed by atoms with Gasteiger partial charge in [-0.3, -0.25) is 4.57 Å². The van der Waals surface area contributed by atoms with Crippen molar-refractivity contribution in [2.75, 3.05) is 12.3 Å². The number of nitrogen functional groups attached to an aromatic ring is 1. The van der Waals surface area contributed by atoms with Crippen molar-refractivity contribution in [3.63, 3.8) is 0 Å². The van der Waals surface area contributed by atoms with Crippen LogP contribution in [-0.2, 0) is 4.74 Å². The van der Waals surface area contributed by atoms with Gasteiger partial charge in [-0.1, -0.05) is 11.6 Å². The minimum Gasteiger partial charge on any atom is -0.394 e. The second-order valence-corrected chi connectivity index (χ2v) is 4.25. The number of nitrogens with zero attached hydrogens (tertiary/aromatic N) is 2. The maximum absolute atomic E-state index is 13.8. The molecule has 0 aliphatic carbocycles. The van der Waals surface area contributed by atoms with E-state index in [1.54, 1.807) is 0 Å². The Bertz CT molecular complexity index is 511. The van der Waals surface area contributed by atoms with E-state index in [1.807, 2.05) is 0 Å². The highest BCUT2D eigenvalue weighted by molar-refractivity contribution is 6.32. The Morgan fingerprint density at radius 2 is 2.33 bits per heavy atom. The smallest absolute Gasteiger partial charge is 0.351 e. The van der Waals surface area contributed by atoms with Gasteiger partial charge in [-0.15, -0.1) is 0 Å². The highest BCUT2D eigenvalue weighted by Gasteiger charge is 2.45. The fraction of sp³-hybridized carbons (Fsp3) is 0.556. The molecule has 2 rings (SSSR count). The Morgan fingerprint density at radius 1 is 1.67 bits per heavy atom. The number of aliphatic hydroxyl groups is 2. The lowest BCUT2D eigenvalue weighted by Gasteiger charge is -2.16. The lowest BCUT2D eigenvalue weighted by molar-refractivity contribution is -0.0490. The lowest BCUT2D eigenvalue weighted by atomic mass is 10.1. The van der Waals surface area contributed by atoms with Gasteiger partial charge in [0.2, 0.25) is 0 Å². The summed E-state index contributed by atoms with van der Waals surface area (Å²) < 4.78 is 19.6. The van der Waals surface area contributed by atoms with Gasteiger partial charge in [0.05, 0.1) is 11.6 Å². The molecule has 4 N–H and O–H groups in total. The minimum absolute atomic E-state index is 0.0349. The molecule has 0 spiro atoms. The number of hydrogen-bond acceptors (Lipinski definition) is 6. The monoisotopic (exact) mass is 279 g/mol. The number of hydrogen-bond donors (Lipinski definition) is 3. The second kappa shape index (κ2) is 4.81. The predicted octanol–water partition coefficient (Wildman–Crippen LogP) is -0.932. The number of halogens is 2. The van der Waals surface area contributed by atoms with Crippen LogP contribution in [0, 0.1) is 0 Å². The predicted molar refractivity (Wildman–Crippen MR) is 59.8 cm³/mol. The van der Waals surface area contributed by atoms with E-state index in [4.69, 9.17) is 27.2 Å². The maximum Gasteiger partial charge on any atom is 0.351 e. The zero-order valence-corrected chi connectivity index (χ0v) is 9.79. The summed E-state index contributed by atoms with van der Waals surface area (Å²) >= 11 is 5.68. The van der Waals surface area contributed by atoms with E-state index in [1.165, 1.54) is 0 Å². The van der Waals surface area contributed by atoms with E-state index in [2.05, 4.69) is 4.98 Å². The Hall–Kier alpha value is -1.22. The zero-order valence-electron chi connectivity index (χ0n) is 9.03. The summed E-state index contributed by atoms with van der Waals surface area (Å²) in [5.74, 6) is -0.175. The molecule has 1 saturated heterocycles. The van der Waals surface area contributed by atoms with Crippen LogP contribution in [0.3, 0.4) is 0 Å². The number of nitrogens with two attached hydrogens (primary N) is 1. The van der Waals surface area contributed by atoms with E-state index in [0.29, 0.717) is 0 Å². The van der Waals surface area contributed by atoms with Crippen LogP contribution in [0.15, 0.2) is 11.0 Å². The van der Waals surface area contributed by atoms with Crippen molar-refractivity contribution in [3.05, 3.63) is 21.7 Å². The SMILES string of the molecule is Nc1nc(=O)n([C@@H]2O[C@H](CO)[C@@H](O)C2F)cc1Cl. The summed E-state index contributed by atoms with van der Waals surface area (Å²) in [5.41, 5.74) is 4.47. The summed E-state index contributed by atoms with van der Waals surface area (Å²) in [6.45, 7) is -0.566. The maximum atomic E-state index is 13.8. The Kier molecular flexibility index (Phi) is 3.53. The molecule has 0 radical (unpaired) electrons. The van der Waals surface area contributed by atoms with Crippen molar-refractivity contribution in [2.45, 2.75) is 24.6 Å². The molecule has 18 heavy (non-hydrogen) atoms. The quantitative estimate of drug-likeness (QED) is 0.645. The molecule has 4 atom stereocenters. The molecule has 1 aliphatic heterocycles. The number of aromatic nitrogens is 2. The van der Waals surface area contributed by atoms with Gasteiger partial charge in [0.15, 0.2) is 12.4 Å². The number of anilines is 1. The van der Waals surface area contributed by atoms with Gasteiger partial charge >= 0.3 is 5.69 Å². The zero-order chi connectivity index (χ0) is 13.4. The first-order valence-corrected chi connectivity index (χ1v) is 5.46. The van der Waals surface area contributed by atoms with Gasteiger partial charge in [0.25, 0.3) is 0 Å². The van der Waals surface area contributed by atoms with E-state index in [-0.39, 0.29) is 10.8 Å². The molecular formula is C9H11ClFN3O4. The molecule has 1 unspecified atom stereocenters. The molecule has 2 heterocycles. The molecule has 1 aromatic rings. The van der Waals surface area contributed by atoms with Crippen LogP contribution in [0.1, 0.15) is 6.23 Å². The van der Waals surface area contributed by atoms with Crippen LogP contribution in [0.25, 0.3) is 0 Å². The van der Waals surface area contributed by atoms with Gasteiger partial charge in [-0.05, 0) is 0 Å². The van der Waals surface area contributed by atoms with Gasteiger partial charge < -0.3 is 20.7 Å². The van der Waals surface area contributed by atoms with Crippen LogP contribution >= 0.6 is 11.6 Å². The third-order valence-corrected chi connectivity index (χ3v) is 2.97. The van der Waals surface area contributed by atoms with Crippen LogP contribution in [0.5, 0.6) is 0 Å². The van der Waals surface area contributed by atoms with Gasteiger partial charge in [-0.2, -0.15) is 4.98 Å². The summed E-state index contributed by atoms with van der Waals surface area (Å²) in [5, 5.41) is 18.3. The molecule has 7 nitrogen and oxygen atoms in total. The van der Waals surface area contributed by atoms with E-state index < -0.39 is 36.9 Å². The number of aliphatic hydroxyl groups excluding tert-OH is 2. The molecule has 0 bridgehead atoms. The van der Waals surface area contributed by atoms with Crippen LogP contribution in [0.4, 0.5) is 10.2 Å². The highest BCUT2D eigenvalue weighted by Crippen LogP contribution is 2.31. The third-order valence-electron chi connectivity index (χ3n) is 2.68. The average molecular weight is 280 g/mol.